The van der Waals surface area contributed by atoms with Crippen LogP contribution in [0.2, 0.25) is 0 Å². The molecule has 0 saturated heterocycles. The number of hydrogen-bond acceptors (Lipinski definition) is 4. The van der Waals surface area contributed by atoms with Crippen LogP contribution in [0.4, 0.5) is 5.82 Å². The highest BCUT2D eigenvalue weighted by molar-refractivity contribution is 5.85. The number of aliphatic hydroxyl groups is 1. The lowest BCUT2D eigenvalue weighted by Crippen LogP contribution is -2.21. The number of aliphatic hydroxyl groups excluding tert-OH is 1. The van der Waals surface area contributed by atoms with Gasteiger partial charge in [-0.2, -0.15) is 0 Å². The molecule has 0 saturated carbocycles. The normalized spacial score (nSPS) is 13.2. The van der Waals surface area contributed by atoms with Crippen molar-refractivity contribution in [1.29, 1.82) is 0 Å². The summed E-state index contributed by atoms with van der Waals surface area (Å²) in [6, 6.07) is 1.93. The molecule has 2 heterocycles. The summed E-state index contributed by atoms with van der Waals surface area (Å²) >= 11 is 0. The molecule has 0 radical (unpaired) electrons. The highest BCUT2D eigenvalue weighted by atomic mass is 16.3. The van der Waals surface area contributed by atoms with Gasteiger partial charge in [0.15, 0.2) is 5.82 Å². The van der Waals surface area contributed by atoms with Crippen LogP contribution in [0.1, 0.15) is 20.3 Å². The Morgan fingerprint density at radius 1 is 1.39 bits per heavy atom. The highest BCUT2D eigenvalue weighted by Gasteiger charge is 2.10. The van der Waals surface area contributed by atoms with E-state index in [4.69, 9.17) is 0 Å². The summed E-state index contributed by atoms with van der Waals surface area (Å²) in [5.74, 6) is 1.22. The SMILES string of the molecule is CC(C)CC(O)CNc1nccc2c1ncn2C. The number of pyridine rings is 1. The van der Waals surface area contributed by atoms with Gasteiger partial charge in [-0.15, -0.1) is 0 Å². The fourth-order valence-electron chi connectivity index (χ4n) is 2.03. The van der Waals surface area contributed by atoms with E-state index in [0.29, 0.717) is 12.5 Å². The van der Waals surface area contributed by atoms with Gasteiger partial charge >= 0.3 is 0 Å². The van der Waals surface area contributed by atoms with Crippen molar-refractivity contribution in [1.82, 2.24) is 14.5 Å². The Hall–Kier alpha value is -1.62. The fourth-order valence-corrected chi connectivity index (χ4v) is 2.03. The first-order valence-corrected chi connectivity index (χ1v) is 6.26. The van der Waals surface area contributed by atoms with E-state index in [0.717, 1.165) is 23.3 Å². The third-order valence-corrected chi connectivity index (χ3v) is 2.89. The zero-order valence-electron chi connectivity index (χ0n) is 11.1. The topological polar surface area (TPSA) is 63.0 Å². The van der Waals surface area contributed by atoms with Gasteiger partial charge in [0.1, 0.15) is 5.52 Å². The number of nitrogens with zero attached hydrogens (tertiary/aromatic N) is 3. The lowest BCUT2D eigenvalue weighted by Gasteiger charge is -2.14. The molecule has 18 heavy (non-hydrogen) atoms. The van der Waals surface area contributed by atoms with Crippen molar-refractivity contribution in [3.8, 4) is 0 Å². The molecule has 1 atom stereocenters. The number of fused-ring (bicyclic) bond motifs is 1. The van der Waals surface area contributed by atoms with Gasteiger partial charge in [-0.1, -0.05) is 13.8 Å². The standard InChI is InChI=1S/C13H20N4O/c1-9(2)6-10(18)7-15-13-12-11(4-5-14-13)17(3)8-16-12/h4-5,8-10,18H,6-7H2,1-3H3,(H,14,15). The van der Waals surface area contributed by atoms with Crippen molar-refractivity contribution in [2.45, 2.75) is 26.4 Å². The second kappa shape index (κ2) is 5.35. The van der Waals surface area contributed by atoms with Crippen LogP contribution in [-0.2, 0) is 7.05 Å². The van der Waals surface area contributed by atoms with Gasteiger partial charge in [-0.05, 0) is 18.4 Å². The first-order valence-electron chi connectivity index (χ1n) is 6.26. The van der Waals surface area contributed by atoms with Crippen LogP contribution in [0, 0.1) is 5.92 Å². The predicted molar refractivity (Wildman–Crippen MR) is 72.5 cm³/mol. The van der Waals surface area contributed by atoms with Gasteiger partial charge in [-0.3, -0.25) is 0 Å². The number of aromatic nitrogens is 3. The van der Waals surface area contributed by atoms with Crippen LogP contribution in [-0.4, -0.2) is 32.3 Å². The summed E-state index contributed by atoms with van der Waals surface area (Å²) in [6.07, 6.45) is 3.94. The molecule has 98 valence electrons. The second-order valence-corrected chi connectivity index (χ2v) is 5.05. The van der Waals surface area contributed by atoms with Gasteiger partial charge in [0.25, 0.3) is 0 Å². The van der Waals surface area contributed by atoms with Crippen molar-refractivity contribution in [2.75, 3.05) is 11.9 Å². The molecule has 2 N–H and O–H groups in total. The Morgan fingerprint density at radius 3 is 2.89 bits per heavy atom. The van der Waals surface area contributed by atoms with Crippen LogP contribution in [0.5, 0.6) is 0 Å². The van der Waals surface area contributed by atoms with E-state index in [1.807, 2.05) is 17.7 Å². The average molecular weight is 248 g/mol. The van der Waals surface area contributed by atoms with Gasteiger partial charge in [0, 0.05) is 19.8 Å². The van der Waals surface area contributed by atoms with Crippen LogP contribution < -0.4 is 5.32 Å². The maximum atomic E-state index is 9.84. The summed E-state index contributed by atoms with van der Waals surface area (Å²) in [5.41, 5.74) is 1.88. The molecular weight excluding hydrogens is 228 g/mol. The van der Waals surface area contributed by atoms with E-state index in [9.17, 15) is 5.11 Å². The zero-order chi connectivity index (χ0) is 13.1. The van der Waals surface area contributed by atoms with E-state index in [1.165, 1.54) is 0 Å². The third-order valence-electron chi connectivity index (χ3n) is 2.89. The van der Waals surface area contributed by atoms with E-state index in [2.05, 4.69) is 29.1 Å². The quantitative estimate of drug-likeness (QED) is 0.846. The summed E-state index contributed by atoms with van der Waals surface area (Å²) in [4.78, 5) is 8.59. The molecule has 0 fully saturated rings. The van der Waals surface area contributed by atoms with E-state index in [-0.39, 0.29) is 6.10 Å². The molecule has 0 spiro atoms. The maximum Gasteiger partial charge on any atom is 0.154 e. The third kappa shape index (κ3) is 2.79. The molecule has 0 amide bonds. The van der Waals surface area contributed by atoms with Crippen molar-refractivity contribution in [3.63, 3.8) is 0 Å². The first-order chi connectivity index (χ1) is 8.58. The number of nitrogens with one attached hydrogen (secondary N) is 1. The molecule has 2 aromatic rings. The molecule has 0 aliphatic heterocycles. The Morgan fingerprint density at radius 2 is 2.17 bits per heavy atom. The second-order valence-electron chi connectivity index (χ2n) is 5.05. The minimum atomic E-state index is -0.356. The summed E-state index contributed by atoms with van der Waals surface area (Å²) < 4.78 is 1.95. The molecule has 0 aromatic carbocycles. The smallest absolute Gasteiger partial charge is 0.154 e. The van der Waals surface area contributed by atoms with Crippen LogP contribution in [0.25, 0.3) is 11.0 Å². The lowest BCUT2D eigenvalue weighted by molar-refractivity contribution is 0.161. The maximum absolute atomic E-state index is 9.84. The molecule has 0 aliphatic carbocycles. The average Bonchev–Trinajstić information content (AvgIpc) is 2.68. The highest BCUT2D eigenvalue weighted by Crippen LogP contribution is 2.18. The van der Waals surface area contributed by atoms with Gasteiger partial charge in [-0.25, -0.2) is 9.97 Å². The number of imidazole rings is 1. The Balaban J connectivity index is 2.08. The van der Waals surface area contributed by atoms with E-state index in [1.54, 1.807) is 12.5 Å². The number of rotatable bonds is 5. The number of hydrogen-bond donors (Lipinski definition) is 2. The van der Waals surface area contributed by atoms with Crippen molar-refractivity contribution in [2.24, 2.45) is 13.0 Å². The van der Waals surface area contributed by atoms with Crippen molar-refractivity contribution in [3.05, 3.63) is 18.6 Å². The first kappa shape index (κ1) is 12.8. The number of aryl methyl sites for hydroxylation is 1. The molecule has 2 rings (SSSR count). The van der Waals surface area contributed by atoms with Crippen molar-refractivity contribution >= 4 is 16.9 Å². The van der Waals surface area contributed by atoms with Crippen LogP contribution in [0.15, 0.2) is 18.6 Å². The minimum absolute atomic E-state index is 0.356. The van der Waals surface area contributed by atoms with Gasteiger partial charge in [0.2, 0.25) is 0 Å². The minimum Gasteiger partial charge on any atom is -0.391 e. The molecule has 1 unspecified atom stereocenters. The van der Waals surface area contributed by atoms with Crippen LogP contribution >= 0.6 is 0 Å². The summed E-state index contributed by atoms with van der Waals surface area (Å²) in [6.45, 7) is 4.70. The zero-order valence-corrected chi connectivity index (χ0v) is 11.1. The largest absolute Gasteiger partial charge is 0.391 e. The number of anilines is 1. The fraction of sp³-hybridized carbons (Fsp3) is 0.538. The molecule has 0 bridgehead atoms. The Kier molecular flexibility index (Phi) is 3.81. The van der Waals surface area contributed by atoms with Crippen molar-refractivity contribution < 1.29 is 5.11 Å². The molecule has 2 aromatic heterocycles. The van der Waals surface area contributed by atoms with Gasteiger partial charge < -0.3 is 15.0 Å². The Bertz CT molecular complexity index is 521. The monoisotopic (exact) mass is 248 g/mol. The summed E-state index contributed by atoms with van der Waals surface area (Å²) in [5, 5.41) is 13.0. The molecular formula is C13H20N4O. The van der Waals surface area contributed by atoms with E-state index >= 15 is 0 Å². The Labute approximate surface area is 107 Å². The van der Waals surface area contributed by atoms with Gasteiger partial charge in [0.05, 0.1) is 17.9 Å². The molecule has 5 nitrogen and oxygen atoms in total. The van der Waals surface area contributed by atoms with E-state index < -0.39 is 0 Å². The summed E-state index contributed by atoms with van der Waals surface area (Å²) in [7, 11) is 1.95. The predicted octanol–water partition coefficient (Wildman–Crippen LogP) is 1.79. The van der Waals surface area contributed by atoms with Crippen LogP contribution in [0.3, 0.4) is 0 Å². The molecule has 5 heteroatoms. The molecule has 0 aliphatic rings. The lowest BCUT2D eigenvalue weighted by atomic mass is 10.1.